The third-order valence-corrected chi connectivity index (χ3v) is 3.43. The van der Waals surface area contributed by atoms with E-state index in [1.165, 1.54) is 0 Å². The molecule has 0 aliphatic carbocycles. The summed E-state index contributed by atoms with van der Waals surface area (Å²) in [4.78, 5) is 0. The van der Waals surface area contributed by atoms with Crippen molar-refractivity contribution in [2.24, 2.45) is 0 Å². The first kappa shape index (κ1) is 14.4. The highest BCUT2D eigenvalue weighted by Crippen LogP contribution is 2.30. The Kier molecular flexibility index (Phi) is 4.64. The fraction of sp³-hybridized carbons (Fsp3) is 0.294. The van der Waals surface area contributed by atoms with Gasteiger partial charge < -0.3 is 14.6 Å². The van der Waals surface area contributed by atoms with Crippen LogP contribution in [0.25, 0.3) is 0 Å². The van der Waals surface area contributed by atoms with Crippen LogP contribution < -0.4 is 9.47 Å². The Morgan fingerprint density at radius 1 is 0.750 bits per heavy atom. The Bertz CT molecular complexity index is 482. The van der Waals surface area contributed by atoms with E-state index in [9.17, 15) is 5.11 Å². The quantitative estimate of drug-likeness (QED) is 0.908. The van der Waals surface area contributed by atoms with Crippen molar-refractivity contribution in [1.82, 2.24) is 0 Å². The van der Waals surface area contributed by atoms with Crippen LogP contribution in [0, 0.1) is 0 Å². The van der Waals surface area contributed by atoms with Gasteiger partial charge in [-0.1, -0.05) is 24.3 Å². The second kappa shape index (κ2) is 6.44. The number of methoxy groups -OCH3 is 2. The van der Waals surface area contributed by atoms with Crippen LogP contribution in [-0.4, -0.2) is 25.4 Å². The summed E-state index contributed by atoms with van der Waals surface area (Å²) in [5.41, 5.74) is 2.12. The SMILES string of the molecule is COc1ccc(C(c2ccc(OC)cc2)C(C)O)cc1. The lowest BCUT2D eigenvalue weighted by Gasteiger charge is -2.21. The molecule has 0 radical (unpaired) electrons. The summed E-state index contributed by atoms with van der Waals surface area (Å²) in [5.74, 6) is 1.56. The molecule has 1 N–H and O–H groups in total. The van der Waals surface area contributed by atoms with Crippen molar-refractivity contribution in [3.05, 3.63) is 59.7 Å². The molecule has 2 aromatic rings. The fourth-order valence-electron chi connectivity index (χ4n) is 2.37. The highest BCUT2D eigenvalue weighted by atomic mass is 16.5. The molecule has 2 aromatic carbocycles. The van der Waals surface area contributed by atoms with Gasteiger partial charge in [0.15, 0.2) is 0 Å². The van der Waals surface area contributed by atoms with Gasteiger partial charge in [-0.15, -0.1) is 0 Å². The smallest absolute Gasteiger partial charge is 0.118 e. The maximum absolute atomic E-state index is 10.1. The summed E-state index contributed by atoms with van der Waals surface area (Å²) in [6.07, 6.45) is -0.475. The van der Waals surface area contributed by atoms with E-state index in [1.54, 1.807) is 21.1 Å². The van der Waals surface area contributed by atoms with Gasteiger partial charge in [0.1, 0.15) is 11.5 Å². The largest absolute Gasteiger partial charge is 0.497 e. The number of benzene rings is 2. The first-order valence-corrected chi connectivity index (χ1v) is 6.61. The summed E-state index contributed by atoms with van der Waals surface area (Å²) in [5, 5.41) is 10.1. The van der Waals surface area contributed by atoms with E-state index in [-0.39, 0.29) is 5.92 Å². The average Bonchev–Trinajstić information content (AvgIpc) is 2.48. The minimum atomic E-state index is -0.475. The summed E-state index contributed by atoms with van der Waals surface area (Å²) >= 11 is 0. The Labute approximate surface area is 119 Å². The lowest BCUT2D eigenvalue weighted by Crippen LogP contribution is -2.16. The lowest BCUT2D eigenvalue weighted by atomic mass is 9.87. The molecular formula is C17H20O3. The predicted molar refractivity (Wildman–Crippen MR) is 79.5 cm³/mol. The Balaban J connectivity index is 2.33. The minimum absolute atomic E-state index is 0.0631. The van der Waals surface area contributed by atoms with Crippen molar-refractivity contribution in [2.45, 2.75) is 18.9 Å². The molecule has 2 rings (SSSR count). The van der Waals surface area contributed by atoms with Crippen LogP contribution in [0.2, 0.25) is 0 Å². The van der Waals surface area contributed by atoms with Crippen molar-refractivity contribution in [3.63, 3.8) is 0 Å². The van der Waals surface area contributed by atoms with E-state index < -0.39 is 6.10 Å². The van der Waals surface area contributed by atoms with Gasteiger partial charge in [-0.05, 0) is 42.3 Å². The third-order valence-electron chi connectivity index (χ3n) is 3.43. The van der Waals surface area contributed by atoms with E-state index in [0.29, 0.717) is 0 Å². The normalized spacial score (nSPS) is 12.2. The molecule has 1 atom stereocenters. The standard InChI is InChI=1S/C17H20O3/c1-12(18)17(13-4-8-15(19-2)9-5-13)14-6-10-16(20-3)11-7-14/h4-12,17-18H,1-3H3. The van der Waals surface area contributed by atoms with E-state index in [4.69, 9.17) is 9.47 Å². The summed E-state index contributed by atoms with van der Waals surface area (Å²) in [6, 6.07) is 15.6. The zero-order valence-electron chi connectivity index (χ0n) is 12.0. The molecule has 0 saturated heterocycles. The van der Waals surface area contributed by atoms with Crippen molar-refractivity contribution in [3.8, 4) is 11.5 Å². The summed E-state index contributed by atoms with van der Waals surface area (Å²) < 4.78 is 10.3. The van der Waals surface area contributed by atoms with Gasteiger partial charge in [-0.2, -0.15) is 0 Å². The van der Waals surface area contributed by atoms with Gasteiger partial charge in [0.2, 0.25) is 0 Å². The van der Waals surface area contributed by atoms with Gasteiger partial charge >= 0.3 is 0 Å². The molecule has 0 heterocycles. The maximum Gasteiger partial charge on any atom is 0.118 e. The second-order valence-corrected chi connectivity index (χ2v) is 4.76. The molecule has 0 aliphatic rings. The maximum atomic E-state index is 10.1. The highest BCUT2D eigenvalue weighted by Gasteiger charge is 2.19. The van der Waals surface area contributed by atoms with Gasteiger partial charge in [0.05, 0.1) is 20.3 Å². The number of aliphatic hydroxyl groups excluding tert-OH is 1. The zero-order chi connectivity index (χ0) is 14.5. The summed E-state index contributed by atoms with van der Waals surface area (Å²) in [7, 11) is 3.29. The Hall–Kier alpha value is -2.00. The van der Waals surface area contributed by atoms with Gasteiger partial charge in [-0.25, -0.2) is 0 Å². The molecular weight excluding hydrogens is 252 g/mol. The molecule has 0 aromatic heterocycles. The first-order valence-electron chi connectivity index (χ1n) is 6.61. The molecule has 1 unspecified atom stereocenters. The molecule has 20 heavy (non-hydrogen) atoms. The monoisotopic (exact) mass is 272 g/mol. The molecule has 0 amide bonds. The topological polar surface area (TPSA) is 38.7 Å². The predicted octanol–water partition coefficient (Wildman–Crippen LogP) is 3.22. The van der Waals surface area contributed by atoms with Crippen molar-refractivity contribution >= 4 is 0 Å². The van der Waals surface area contributed by atoms with Gasteiger partial charge in [-0.3, -0.25) is 0 Å². The number of hydrogen-bond donors (Lipinski definition) is 1. The second-order valence-electron chi connectivity index (χ2n) is 4.76. The number of aliphatic hydroxyl groups is 1. The molecule has 0 saturated carbocycles. The van der Waals surface area contributed by atoms with Crippen molar-refractivity contribution in [2.75, 3.05) is 14.2 Å². The molecule has 106 valence electrons. The van der Waals surface area contributed by atoms with E-state index >= 15 is 0 Å². The van der Waals surface area contributed by atoms with E-state index in [1.807, 2.05) is 48.5 Å². The van der Waals surface area contributed by atoms with Crippen LogP contribution in [0.15, 0.2) is 48.5 Å². The van der Waals surface area contributed by atoms with Crippen LogP contribution in [0.4, 0.5) is 0 Å². The van der Waals surface area contributed by atoms with E-state index in [0.717, 1.165) is 22.6 Å². The molecule has 0 bridgehead atoms. The third kappa shape index (κ3) is 3.11. The van der Waals surface area contributed by atoms with Crippen LogP contribution in [0.3, 0.4) is 0 Å². The molecule has 3 heteroatoms. The first-order chi connectivity index (χ1) is 9.65. The molecule has 3 nitrogen and oxygen atoms in total. The average molecular weight is 272 g/mol. The Morgan fingerprint density at radius 3 is 1.35 bits per heavy atom. The number of ether oxygens (including phenoxy) is 2. The van der Waals surface area contributed by atoms with E-state index in [2.05, 4.69) is 0 Å². The van der Waals surface area contributed by atoms with Crippen LogP contribution in [0.5, 0.6) is 11.5 Å². The van der Waals surface area contributed by atoms with Crippen molar-refractivity contribution < 1.29 is 14.6 Å². The van der Waals surface area contributed by atoms with Gasteiger partial charge in [0, 0.05) is 5.92 Å². The molecule has 0 aliphatic heterocycles. The summed E-state index contributed by atoms with van der Waals surface area (Å²) in [6.45, 7) is 1.80. The van der Waals surface area contributed by atoms with Crippen molar-refractivity contribution in [1.29, 1.82) is 0 Å². The highest BCUT2D eigenvalue weighted by molar-refractivity contribution is 5.39. The van der Waals surface area contributed by atoms with Crippen LogP contribution in [-0.2, 0) is 0 Å². The van der Waals surface area contributed by atoms with Crippen LogP contribution >= 0.6 is 0 Å². The number of rotatable bonds is 5. The fourth-order valence-corrected chi connectivity index (χ4v) is 2.37. The molecule has 0 spiro atoms. The molecule has 0 fully saturated rings. The Morgan fingerprint density at radius 2 is 1.10 bits per heavy atom. The minimum Gasteiger partial charge on any atom is -0.497 e. The zero-order valence-corrected chi connectivity index (χ0v) is 12.0. The van der Waals surface area contributed by atoms with Crippen LogP contribution in [0.1, 0.15) is 24.0 Å². The van der Waals surface area contributed by atoms with Gasteiger partial charge in [0.25, 0.3) is 0 Å². The lowest BCUT2D eigenvalue weighted by molar-refractivity contribution is 0.176. The number of hydrogen-bond acceptors (Lipinski definition) is 3.